The maximum absolute atomic E-state index is 13.4. The summed E-state index contributed by atoms with van der Waals surface area (Å²) >= 11 is 1.36. The van der Waals surface area contributed by atoms with Crippen molar-refractivity contribution in [2.45, 2.75) is 11.9 Å². The van der Waals surface area contributed by atoms with Crippen molar-refractivity contribution in [1.29, 1.82) is 0 Å². The van der Waals surface area contributed by atoms with Gasteiger partial charge in [0.25, 0.3) is 0 Å². The lowest BCUT2D eigenvalue weighted by atomic mass is 10.1. The molecule has 1 unspecified atom stereocenters. The number of amides is 1. The highest BCUT2D eigenvalue weighted by Gasteiger charge is 2.33. The maximum atomic E-state index is 13.4. The third-order valence-electron chi connectivity index (χ3n) is 3.98. The number of ether oxygens (including phenoxy) is 1. The molecule has 0 radical (unpaired) electrons. The number of carbonyl (C=O) groups is 2. The quantitative estimate of drug-likeness (QED) is 0.599. The number of rotatable bonds is 4. The lowest BCUT2D eigenvalue weighted by Gasteiger charge is -2.24. The van der Waals surface area contributed by atoms with Crippen LogP contribution in [0.3, 0.4) is 0 Å². The zero-order chi connectivity index (χ0) is 18.8. The molecule has 0 bridgehead atoms. The maximum Gasteiger partial charge on any atom is 0.337 e. The average Bonchev–Trinajstić information content (AvgIpc) is 2.99. The van der Waals surface area contributed by atoms with Crippen LogP contribution in [-0.2, 0) is 16.1 Å². The van der Waals surface area contributed by atoms with Crippen molar-refractivity contribution in [3.05, 3.63) is 70.5 Å². The molecule has 4 nitrogen and oxygen atoms in total. The van der Waals surface area contributed by atoms with Gasteiger partial charge in [-0.2, -0.15) is 0 Å². The van der Waals surface area contributed by atoms with Crippen LogP contribution >= 0.6 is 11.8 Å². The van der Waals surface area contributed by atoms with Gasteiger partial charge in [-0.1, -0.05) is 12.1 Å². The molecule has 2 aromatic rings. The van der Waals surface area contributed by atoms with Crippen molar-refractivity contribution < 1.29 is 27.5 Å². The number of benzene rings is 2. The molecule has 0 spiro atoms. The zero-order valence-electron chi connectivity index (χ0n) is 13.7. The largest absolute Gasteiger partial charge is 0.465 e. The van der Waals surface area contributed by atoms with E-state index in [4.69, 9.17) is 0 Å². The second kappa shape index (κ2) is 7.41. The van der Waals surface area contributed by atoms with Crippen LogP contribution in [0.2, 0.25) is 0 Å². The molecule has 0 N–H and O–H groups in total. The molecule has 0 saturated carbocycles. The topological polar surface area (TPSA) is 46.6 Å². The summed E-state index contributed by atoms with van der Waals surface area (Å²) in [5.74, 6) is -4.57. The highest BCUT2D eigenvalue weighted by atomic mass is 32.2. The summed E-state index contributed by atoms with van der Waals surface area (Å²) in [5, 5.41) is -0.370. The van der Waals surface area contributed by atoms with Gasteiger partial charge in [0.1, 0.15) is 5.37 Å². The lowest BCUT2D eigenvalue weighted by molar-refractivity contribution is -0.128. The third-order valence-corrected chi connectivity index (χ3v) is 5.24. The minimum Gasteiger partial charge on any atom is -0.465 e. The number of hydrogen-bond acceptors (Lipinski definition) is 4. The monoisotopic (exact) mass is 381 g/mol. The number of esters is 1. The average molecular weight is 381 g/mol. The van der Waals surface area contributed by atoms with E-state index in [1.807, 2.05) is 0 Å². The van der Waals surface area contributed by atoms with Crippen molar-refractivity contribution in [2.75, 3.05) is 12.9 Å². The number of hydrogen-bond donors (Lipinski definition) is 0. The van der Waals surface area contributed by atoms with E-state index in [-0.39, 0.29) is 29.1 Å². The van der Waals surface area contributed by atoms with Gasteiger partial charge in [0.2, 0.25) is 5.91 Å². The van der Waals surface area contributed by atoms with E-state index in [2.05, 4.69) is 4.74 Å². The fraction of sp³-hybridized carbons (Fsp3) is 0.222. The predicted molar refractivity (Wildman–Crippen MR) is 89.8 cm³/mol. The summed E-state index contributed by atoms with van der Waals surface area (Å²) < 4.78 is 44.6. The van der Waals surface area contributed by atoms with Gasteiger partial charge in [0.15, 0.2) is 17.5 Å². The Hall–Kier alpha value is -2.48. The Kier molecular flexibility index (Phi) is 5.22. The Morgan fingerprint density at radius 1 is 1.19 bits per heavy atom. The molecule has 1 atom stereocenters. The van der Waals surface area contributed by atoms with Gasteiger partial charge in [-0.25, -0.2) is 18.0 Å². The van der Waals surface area contributed by atoms with Gasteiger partial charge in [0.05, 0.1) is 18.4 Å². The first-order chi connectivity index (χ1) is 12.4. The molecule has 3 rings (SSSR count). The molecule has 0 aliphatic carbocycles. The number of thioether (sulfide) groups is 1. The first-order valence-electron chi connectivity index (χ1n) is 7.63. The molecule has 1 amide bonds. The SMILES string of the molecule is COC(=O)c1ccc(C2SCC(=O)N2Cc2cc(F)c(F)c(F)c2)cc1. The molecule has 1 aliphatic heterocycles. The predicted octanol–water partition coefficient (Wildman–Crippen LogP) is 3.66. The summed E-state index contributed by atoms with van der Waals surface area (Å²) in [6, 6.07) is 8.32. The van der Waals surface area contributed by atoms with Crippen molar-refractivity contribution in [1.82, 2.24) is 4.90 Å². The smallest absolute Gasteiger partial charge is 0.337 e. The molecule has 1 fully saturated rings. The van der Waals surface area contributed by atoms with E-state index in [9.17, 15) is 22.8 Å². The van der Waals surface area contributed by atoms with Crippen LogP contribution in [0.25, 0.3) is 0 Å². The van der Waals surface area contributed by atoms with E-state index in [0.29, 0.717) is 5.56 Å². The van der Waals surface area contributed by atoms with Gasteiger partial charge in [0, 0.05) is 6.54 Å². The van der Waals surface area contributed by atoms with Gasteiger partial charge in [-0.3, -0.25) is 4.79 Å². The second-order valence-corrected chi connectivity index (χ2v) is 6.74. The molecule has 0 aromatic heterocycles. The summed E-state index contributed by atoms with van der Waals surface area (Å²) in [6.07, 6.45) is 0. The molecular weight excluding hydrogens is 367 g/mol. The molecular formula is C18H14F3NO3S. The summed E-state index contributed by atoms with van der Waals surface area (Å²) in [4.78, 5) is 25.2. The van der Waals surface area contributed by atoms with Crippen molar-refractivity contribution in [2.24, 2.45) is 0 Å². The lowest BCUT2D eigenvalue weighted by Crippen LogP contribution is -2.27. The van der Waals surface area contributed by atoms with E-state index in [1.165, 1.54) is 23.8 Å². The zero-order valence-corrected chi connectivity index (χ0v) is 14.5. The van der Waals surface area contributed by atoms with Crippen LogP contribution in [0.5, 0.6) is 0 Å². The summed E-state index contributed by atoms with van der Waals surface area (Å²) in [5.41, 5.74) is 1.30. The molecule has 1 aliphatic rings. The Morgan fingerprint density at radius 3 is 2.38 bits per heavy atom. The Labute approximate surface area is 151 Å². The van der Waals surface area contributed by atoms with Crippen molar-refractivity contribution in [3.63, 3.8) is 0 Å². The van der Waals surface area contributed by atoms with Crippen LogP contribution in [0.4, 0.5) is 13.2 Å². The number of halogens is 3. The molecule has 136 valence electrons. The Morgan fingerprint density at radius 2 is 1.81 bits per heavy atom. The highest BCUT2D eigenvalue weighted by molar-refractivity contribution is 8.00. The van der Waals surface area contributed by atoms with Crippen LogP contribution in [-0.4, -0.2) is 29.6 Å². The van der Waals surface area contributed by atoms with Crippen molar-refractivity contribution in [3.8, 4) is 0 Å². The van der Waals surface area contributed by atoms with Crippen LogP contribution in [0.15, 0.2) is 36.4 Å². The van der Waals surface area contributed by atoms with Gasteiger partial charge in [-0.05, 0) is 35.4 Å². The second-order valence-electron chi connectivity index (χ2n) is 5.67. The number of carbonyl (C=O) groups excluding carboxylic acids is 2. The van der Waals surface area contributed by atoms with Gasteiger partial charge < -0.3 is 9.64 Å². The highest BCUT2D eigenvalue weighted by Crippen LogP contribution is 2.39. The fourth-order valence-electron chi connectivity index (χ4n) is 2.70. The molecule has 8 heteroatoms. The minimum absolute atomic E-state index is 0.0522. The first kappa shape index (κ1) is 18.3. The normalized spacial score (nSPS) is 16.8. The standard InChI is InChI=1S/C18H14F3NO3S/c1-25-18(24)12-4-2-11(3-5-12)17-22(15(23)9-26-17)8-10-6-13(19)16(21)14(20)7-10/h2-7,17H,8-9H2,1H3. The van der Waals surface area contributed by atoms with Crippen molar-refractivity contribution >= 4 is 23.6 Å². The van der Waals surface area contributed by atoms with Gasteiger partial charge in [-0.15, -0.1) is 11.8 Å². The van der Waals surface area contributed by atoms with Crippen LogP contribution in [0.1, 0.15) is 26.9 Å². The summed E-state index contributed by atoms with van der Waals surface area (Å²) in [6.45, 7) is -0.0522. The Balaban J connectivity index is 1.84. The van der Waals surface area contributed by atoms with Crippen LogP contribution < -0.4 is 0 Å². The summed E-state index contributed by atoms with van der Waals surface area (Å²) in [7, 11) is 1.28. The number of methoxy groups -OCH3 is 1. The van der Waals surface area contributed by atoms with E-state index < -0.39 is 23.4 Å². The van der Waals surface area contributed by atoms with E-state index in [1.54, 1.807) is 24.3 Å². The van der Waals surface area contributed by atoms with E-state index >= 15 is 0 Å². The molecule has 26 heavy (non-hydrogen) atoms. The fourth-order valence-corrected chi connectivity index (χ4v) is 3.89. The molecule has 1 heterocycles. The number of nitrogens with zero attached hydrogens (tertiary/aromatic N) is 1. The first-order valence-corrected chi connectivity index (χ1v) is 8.68. The third kappa shape index (κ3) is 3.55. The van der Waals surface area contributed by atoms with E-state index in [0.717, 1.165) is 17.7 Å². The molecule has 2 aromatic carbocycles. The van der Waals surface area contributed by atoms with Crippen LogP contribution in [0, 0.1) is 17.5 Å². The van der Waals surface area contributed by atoms with Gasteiger partial charge >= 0.3 is 5.97 Å². The molecule has 1 saturated heterocycles. The minimum atomic E-state index is -1.54. The Bertz CT molecular complexity index is 834.